The van der Waals surface area contributed by atoms with Gasteiger partial charge in [0, 0.05) is 29.7 Å². The van der Waals surface area contributed by atoms with Crippen LogP contribution >= 0.6 is 23.2 Å². The highest BCUT2D eigenvalue weighted by molar-refractivity contribution is 6.35. The number of hydrogen-bond acceptors (Lipinski definition) is 2. The second-order valence-electron chi connectivity index (χ2n) is 7.23. The van der Waals surface area contributed by atoms with Gasteiger partial charge in [-0.15, -0.1) is 0 Å². The van der Waals surface area contributed by atoms with Crippen LogP contribution in [0.1, 0.15) is 31.7 Å². The Labute approximate surface area is 158 Å². The summed E-state index contributed by atoms with van der Waals surface area (Å²) in [6.07, 6.45) is 3.46. The van der Waals surface area contributed by atoms with E-state index < -0.39 is 0 Å². The second kappa shape index (κ2) is 7.96. The minimum Gasteiger partial charge on any atom is -0.356 e. The molecule has 25 heavy (non-hydrogen) atoms. The number of rotatable bonds is 5. The van der Waals surface area contributed by atoms with Gasteiger partial charge in [-0.3, -0.25) is 9.59 Å². The smallest absolute Gasteiger partial charge is 0.226 e. The molecule has 1 saturated carbocycles. The Bertz CT molecular complexity index is 657. The molecule has 2 fully saturated rings. The lowest BCUT2D eigenvalue weighted by Crippen LogP contribution is -2.39. The summed E-state index contributed by atoms with van der Waals surface area (Å²) < 4.78 is 0. The molecule has 1 N–H and O–H groups in total. The van der Waals surface area contributed by atoms with E-state index in [-0.39, 0.29) is 23.7 Å². The Kier molecular flexibility index (Phi) is 5.90. The van der Waals surface area contributed by atoms with E-state index in [1.807, 2.05) is 11.0 Å². The van der Waals surface area contributed by atoms with Gasteiger partial charge < -0.3 is 10.2 Å². The minimum absolute atomic E-state index is 0.0196. The van der Waals surface area contributed by atoms with E-state index in [1.165, 1.54) is 0 Å². The molecule has 3 rings (SSSR count). The summed E-state index contributed by atoms with van der Waals surface area (Å²) in [6, 6.07) is 5.37. The van der Waals surface area contributed by atoms with Gasteiger partial charge in [0.1, 0.15) is 0 Å². The number of nitrogens with zero attached hydrogens (tertiary/aromatic N) is 1. The average molecular weight is 383 g/mol. The highest BCUT2D eigenvalue weighted by atomic mass is 35.5. The standard InChI is InChI=1S/C19H24Cl2N2O2/c1-12-5-8-23(9-6-12)19(25)16-11-15(16)18(24)22-7-4-13-2-3-14(20)10-17(13)21/h2-3,10,12,15-16H,4-9,11H2,1H3,(H,22,24). The summed E-state index contributed by atoms with van der Waals surface area (Å²) >= 11 is 12.0. The molecule has 1 saturated heterocycles. The van der Waals surface area contributed by atoms with E-state index >= 15 is 0 Å². The molecule has 1 aliphatic heterocycles. The fourth-order valence-electron chi connectivity index (χ4n) is 3.40. The van der Waals surface area contributed by atoms with Gasteiger partial charge in [0.15, 0.2) is 0 Å². The molecule has 1 aliphatic carbocycles. The Hall–Kier alpha value is -1.26. The summed E-state index contributed by atoms with van der Waals surface area (Å²) in [4.78, 5) is 26.7. The van der Waals surface area contributed by atoms with Crippen molar-refractivity contribution < 1.29 is 9.59 Å². The fourth-order valence-corrected chi connectivity index (χ4v) is 3.90. The molecule has 4 nitrogen and oxygen atoms in total. The third kappa shape index (κ3) is 4.68. The van der Waals surface area contributed by atoms with Crippen LogP contribution in [0, 0.1) is 17.8 Å². The summed E-state index contributed by atoms with van der Waals surface area (Å²) in [5.74, 6) is 0.559. The van der Waals surface area contributed by atoms with Crippen molar-refractivity contribution in [2.45, 2.75) is 32.6 Å². The van der Waals surface area contributed by atoms with Crippen molar-refractivity contribution in [2.24, 2.45) is 17.8 Å². The molecule has 0 radical (unpaired) electrons. The second-order valence-corrected chi connectivity index (χ2v) is 8.08. The van der Waals surface area contributed by atoms with Crippen molar-refractivity contribution in [2.75, 3.05) is 19.6 Å². The molecule has 136 valence electrons. The molecule has 0 aromatic heterocycles. The van der Waals surface area contributed by atoms with Crippen molar-refractivity contribution in [3.63, 3.8) is 0 Å². The lowest BCUT2D eigenvalue weighted by molar-refractivity contribution is -0.135. The van der Waals surface area contributed by atoms with E-state index in [0.29, 0.717) is 35.3 Å². The Morgan fingerprint density at radius 1 is 1.20 bits per heavy atom. The molecule has 6 heteroatoms. The van der Waals surface area contributed by atoms with Crippen LogP contribution in [-0.2, 0) is 16.0 Å². The molecule has 2 aliphatic rings. The van der Waals surface area contributed by atoms with Gasteiger partial charge in [-0.05, 0) is 49.3 Å². The van der Waals surface area contributed by atoms with Crippen LogP contribution in [0.25, 0.3) is 0 Å². The monoisotopic (exact) mass is 382 g/mol. The van der Waals surface area contributed by atoms with Crippen LogP contribution in [0.3, 0.4) is 0 Å². The molecule has 2 atom stereocenters. The first kappa shape index (κ1) is 18.5. The maximum absolute atomic E-state index is 12.5. The number of likely N-dealkylation sites (tertiary alicyclic amines) is 1. The van der Waals surface area contributed by atoms with Gasteiger partial charge >= 0.3 is 0 Å². The number of amides is 2. The summed E-state index contributed by atoms with van der Waals surface area (Å²) in [6.45, 7) is 4.40. The van der Waals surface area contributed by atoms with Gasteiger partial charge in [0.25, 0.3) is 0 Å². The summed E-state index contributed by atoms with van der Waals surface area (Å²) in [5.41, 5.74) is 0.956. The SMILES string of the molecule is CC1CCN(C(=O)C2CC2C(=O)NCCc2ccc(Cl)cc2Cl)CC1. The van der Waals surface area contributed by atoms with Gasteiger partial charge in [-0.2, -0.15) is 0 Å². The minimum atomic E-state index is -0.160. The Balaban J connectivity index is 1.42. The first-order valence-electron chi connectivity index (χ1n) is 8.96. The van der Waals surface area contributed by atoms with Crippen molar-refractivity contribution >= 4 is 35.0 Å². The number of piperidine rings is 1. The molecule has 1 aromatic rings. The van der Waals surface area contributed by atoms with Crippen molar-refractivity contribution in [3.8, 4) is 0 Å². The maximum atomic E-state index is 12.5. The summed E-state index contributed by atoms with van der Waals surface area (Å²) in [5, 5.41) is 4.14. The molecular weight excluding hydrogens is 359 g/mol. The number of hydrogen-bond donors (Lipinski definition) is 1. The van der Waals surface area contributed by atoms with Gasteiger partial charge in [0.2, 0.25) is 11.8 Å². The first-order valence-corrected chi connectivity index (χ1v) is 9.71. The molecular formula is C19H24Cl2N2O2. The van der Waals surface area contributed by atoms with Crippen LogP contribution < -0.4 is 5.32 Å². The van der Waals surface area contributed by atoms with Gasteiger partial charge in [-0.25, -0.2) is 0 Å². The third-order valence-electron chi connectivity index (χ3n) is 5.25. The maximum Gasteiger partial charge on any atom is 0.226 e. The lowest BCUT2D eigenvalue weighted by atomic mass is 9.99. The quantitative estimate of drug-likeness (QED) is 0.846. The first-order chi connectivity index (χ1) is 12.0. The number of nitrogens with one attached hydrogen (secondary N) is 1. The predicted molar refractivity (Wildman–Crippen MR) is 99.8 cm³/mol. The van der Waals surface area contributed by atoms with E-state index in [0.717, 1.165) is 31.5 Å². The van der Waals surface area contributed by atoms with E-state index in [1.54, 1.807) is 12.1 Å². The van der Waals surface area contributed by atoms with Crippen LogP contribution in [0.15, 0.2) is 18.2 Å². The van der Waals surface area contributed by atoms with Crippen molar-refractivity contribution in [1.82, 2.24) is 10.2 Å². The largest absolute Gasteiger partial charge is 0.356 e. The Morgan fingerprint density at radius 3 is 2.60 bits per heavy atom. The summed E-state index contributed by atoms with van der Waals surface area (Å²) in [7, 11) is 0. The molecule has 0 bridgehead atoms. The zero-order valence-corrected chi connectivity index (χ0v) is 15.9. The molecule has 2 unspecified atom stereocenters. The number of carbonyl (C=O) groups is 2. The van der Waals surface area contributed by atoms with Crippen LogP contribution in [0.2, 0.25) is 10.0 Å². The lowest BCUT2D eigenvalue weighted by Gasteiger charge is -2.30. The highest BCUT2D eigenvalue weighted by Gasteiger charge is 2.49. The number of halogens is 2. The van der Waals surface area contributed by atoms with E-state index in [2.05, 4.69) is 12.2 Å². The number of benzene rings is 1. The fraction of sp³-hybridized carbons (Fsp3) is 0.579. The van der Waals surface area contributed by atoms with Crippen molar-refractivity contribution in [1.29, 1.82) is 0 Å². The Morgan fingerprint density at radius 2 is 1.92 bits per heavy atom. The van der Waals surface area contributed by atoms with Crippen molar-refractivity contribution in [3.05, 3.63) is 33.8 Å². The molecule has 2 amide bonds. The topological polar surface area (TPSA) is 49.4 Å². The normalized spacial score (nSPS) is 23.4. The van der Waals surface area contributed by atoms with Crippen LogP contribution in [0.5, 0.6) is 0 Å². The number of carbonyl (C=O) groups excluding carboxylic acids is 2. The average Bonchev–Trinajstić information content (AvgIpc) is 3.37. The molecule has 0 spiro atoms. The third-order valence-corrected chi connectivity index (χ3v) is 5.84. The predicted octanol–water partition coefficient (Wildman–Crippen LogP) is 3.55. The van der Waals surface area contributed by atoms with Gasteiger partial charge in [-0.1, -0.05) is 36.2 Å². The zero-order valence-electron chi connectivity index (χ0n) is 14.4. The highest BCUT2D eigenvalue weighted by Crippen LogP contribution is 2.40. The van der Waals surface area contributed by atoms with Crippen LogP contribution in [-0.4, -0.2) is 36.3 Å². The van der Waals surface area contributed by atoms with E-state index in [4.69, 9.17) is 23.2 Å². The zero-order chi connectivity index (χ0) is 18.0. The molecule has 1 heterocycles. The van der Waals surface area contributed by atoms with E-state index in [9.17, 15) is 9.59 Å². The molecule has 1 aromatic carbocycles. The van der Waals surface area contributed by atoms with Gasteiger partial charge in [0.05, 0.1) is 11.8 Å². The van der Waals surface area contributed by atoms with Crippen LogP contribution in [0.4, 0.5) is 0 Å².